The van der Waals surface area contributed by atoms with Gasteiger partial charge in [0.25, 0.3) is 0 Å². The summed E-state index contributed by atoms with van der Waals surface area (Å²) in [5, 5.41) is 20.7. The lowest BCUT2D eigenvalue weighted by molar-refractivity contribution is -0.134. The predicted molar refractivity (Wildman–Crippen MR) is 96.0 cm³/mol. The number of carboxylic acid groups (broad SMARTS) is 1. The number of aromatic nitrogens is 3. The number of aliphatic carboxylic acids is 1. The molecule has 0 radical (unpaired) electrons. The fourth-order valence-electron chi connectivity index (χ4n) is 2.38. The van der Waals surface area contributed by atoms with E-state index in [0.29, 0.717) is 16.8 Å². The van der Waals surface area contributed by atoms with Crippen molar-refractivity contribution in [3.05, 3.63) is 54.4 Å². The summed E-state index contributed by atoms with van der Waals surface area (Å²) in [5.74, 6) is -0.712. The van der Waals surface area contributed by atoms with Crippen molar-refractivity contribution in [2.45, 2.75) is 0 Å². The van der Waals surface area contributed by atoms with E-state index < -0.39 is 5.97 Å². The molecular formula is C18H14N6O2. The molecule has 3 rings (SSSR count). The first-order valence-electron chi connectivity index (χ1n) is 7.62. The third-order valence-corrected chi connectivity index (χ3v) is 3.59. The third kappa shape index (κ3) is 3.57. The van der Waals surface area contributed by atoms with E-state index in [9.17, 15) is 10.1 Å². The minimum atomic E-state index is -1.01. The molecule has 3 aromatic rings. The number of nitrogens with two attached hydrogens (primary N) is 1. The molecule has 2 aromatic heterocycles. The second kappa shape index (κ2) is 7.27. The number of nitrogens with zero attached hydrogens (tertiary/aromatic N) is 4. The van der Waals surface area contributed by atoms with Crippen LogP contribution in [0.5, 0.6) is 0 Å². The molecule has 128 valence electrons. The number of anilines is 2. The Morgan fingerprint density at radius 1 is 1.19 bits per heavy atom. The molecule has 0 amide bonds. The van der Waals surface area contributed by atoms with Gasteiger partial charge in [0.05, 0.1) is 5.69 Å². The number of rotatable bonds is 5. The molecular weight excluding hydrogens is 332 g/mol. The summed E-state index contributed by atoms with van der Waals surface area (Å²) in [6.45, 7) is -0.289. The van der Waals surface area contributed by atoms with Gasteiger partial charge >= 0.3 is 5.97 Å². The number of carboxylic acids is 1. The molecule has 0 bridgehead atoms. The quantitative estimate of drug-likeness (QED) is 0.639. The second-order valence-electron chi connectivity index (χ2n) is 5.34. The molecule has 0 fully saturated rings. The number of pyridine rings is 1. The second-order valence-corrected chi connectivity index (χ2v) is 5.34. The first-order chi connectivity index (χ1) is 12.6. The zero-order chi connectivity index (χ0) is 18.5. The average molecular weight is 346 g/mol. The van der Waals surface area contributed by atoms with Crippen LogP contribution in [-0.4, -0.2) is 32.6 Å². The van der Waals surface area contributed by atoms with Gasteiger partial charge < -0.3 is 16.2 Å². The van der Waals surface area contributed by atoms with E-state index in [-0.39, 0.29) is 23.9 Å². The van der Waals surface area contributed by atoms with Crippen LogP contribution in [0.3, 0.4) is 0 Å². The fraction of sp³-hybridized carbons (Fsp3) is 0.0556. The normalized spacial score (nSPS) is 10.1. The first-order valence-corrected chi connectivity index (χ1v) is 7.62. The fourth-order valence-corrected chi connectivity index (χ4v) is 2.38. The standard InChI is InChI=1S/C18H14N6O2/c19-7-14-13(12-8-21-18(22-9-12)23-10-16(25)26)6-15(24-17(14)20)11-4-2-1-3-5-11/h1-6,8-9H,10H2,(H2,20,24)(H,25,26)(H,21,22,23). The van der Waals surface area contributed by atoms with Crippen molar-refractivity contribution < 1.29 is 9.90 Å². The van der Waals surface area contributed by atoms with Crippen LogP contribution in [0.1, 0.15) is 5.56 Å². The summed E-state index contributed by atoms with van der Waals surface area (Å²) in [7, 11) is 0. The first kappa shape index (κ1) is 16.9. The van der Waals surface area contributed by atoms with Gasteiger partial charge in [-0.3, -0.25) is 4.79 Å². The molecule has 0 aliphatic carbocycles. The van der Waals surface area contributed by atoms with Crippen LogP contribution >= 0.6 is 0 Å². The van der Waals surface area contributed by atoms with E-state index in [2.05, 4.69) is 26.3 Å². The van der Waals surface area contributed by atoms with Crippen molar-refractivity contribution in [1.82, 2.24) is 15.0 Å². The molecule has 0 aliphatic rings. The van der Waals surface area contributed by atoms with Crippen LogP contribution in [0, 0.1) is 11.3 Å². The van der Waals surface area contributed by atoms with Gasteiger partial charge in [0.15, 0.2) is 0 Å². The Kier molecular flexibility index (Phi) is 4.71. The van der Waals surface area contributed by atoms with Crippen molar-refractivity contribution in [3.63, 3.8) is 0 Å². The zero-order valence-corrected chi connectivity index (χ0v) is 13.5. The van der Waals surface area contributed by atoms with Crippen molar-refractivity contribution in [2.75, 3.05) is 17.6 Å². The highest BCUT2D eigenvalue weighted by molar-refractivity contribution is 5.79. The van der Waals surface area contributed by atoms with Gasteiger partial charge in [0, 0.05) is 29.1 Å². The van der Waals surface area contributed by atoms with E-state index in [1.807, 2.05) is 30.3 Å². The largest absolute Gasteiger partial charge is 0.480 e. The molecule has 0 atom stereocenters. The highest BCUT2D eigenvalue weighted by Gasteiger charge is 2.14. The van der Waals surface area contributed by atoms with E-state index in [1.165, 1.54) is 12.4 Å². The Hall–Kier alpha value is -3.99. The molecule has 4 N–H and O–H groups in total. The van der Waals surface area contributed by atoms with Crippen molar-refractivity contribution in [3.8, 4) is 28.5 Å². The Morgan fingerprint density at radius 2 is 1.88 bits per heavy atom. The number of hydrogen-bond acceptors (Lipinski definition) is 7. The minimum absolute atomic E-state index is 0.122. The topological polar surface area (TPSA) is 138 Å². The number of benzene rings is 1. The van der Waals surface area contributed by atoms with Crippen LogP contribution in [0.15, 0.2) is 48.8 Å². The highest BCUT2D eigenvalue weighted by atomic mass is 16.4. The lowest BCUT2D eigenvalue weighted by Crippen LogP contribution is -2.14. The molecule has 2 heterocycles. The number of hydrogen-bond donors (Lipinski definition) is 3. The summed E-state index contributed by atoms with van der Waals surface area (Å²) in [6, 6.07) is 13.3. The number of nitriles is 1. The Labute approximate surface area is 149 Å². The molecule has 26 heavy (non-hydrogen) atoms. The zero-order valence-electron chi connectivity index (χ0n) is 13.5. The summed E-state index contributed by atoms with van der Waals surface area (Å²) in [6.07, 6.45) is 3.00. The maximum Gasteiger partial charge on any atom is 0.322 e. The number of carbonyl (C=O) groups is 1. The molecule has 0 saturated carbocycles. The predicted octanol–water partition coefficient (Wildman–Crippen LogP) is 2.16. The van der Waals surface area contributed by atoms with E-state index >= 15 is 0 Å². The van der Waals surface area contributed by atoms with Crippen LogP contribution in [0.2, 0.25) is 0 Å². The van der Waals surface area contributed by atoms with Gasteiger partial charge in [-0.1, -0.05) is 30.3 Å². The van der Waals surface area contributed by atoms with Gasteiger partial charge in [0.2, 0.25) is 5.95 Å². The van der Waals surface area contributed by atoms with E-state index in [1.54, 1.807) is 6.07 Å². The van der Waals surface area contributed by atoms with E-state index in [4.69, 9.17) is 10.8 Å². The Balaban J connectivity index is 2.02. The Morgan fingerprint density at radius 3 is 2.50 bits per heavy atom. The summed E-state index contributed by atoms with van der Waals surface area (Å²) in [4.78, 5) is 23.0. The van der Waals surface area contributed by atoms with Crippen molar-refractivity contribution in [1.29, 1.82) is 5.26 Å². The lowest BCUT2D eigenvalue weighted by atomic mass is 10.0. The SMILES string of the molecule is N#Cc1c(-c2cnc(NCC(=O)O)nc2)cc(-c2ccccc2)nc1N. The lowest BCUT2D eigenvalue weighted by Gasteiger charge is -2.10. The summed E-state index contributed by atoms with van der Waals surface area (Å²) >= 11 is 0. The van der Waals surface area contributed by atoms with E-state index in [0.717, 1.165) is 5.56 Å². The van der Waals surface area contributed by atoms with Gasteiger partial charge in [-0.2, -0.15) is 5.26 Å². The Bertz CT molecular complexity index is 981. The molecule has 1 aromatic carbocycles. The summed E-state index contributed by atoms with van der Waals surface area (Å²) < 4.78 is 0. The smallest absolute Gasteiger partial charge is 0.322 e. The van der Waals surface area contributed by atoms with Crippen molar-refractivity contribution >= 4 is 17.7 Å². The summed E-state index contributed by atoms with van der Waals surface area (Å²) in [5.41, 5.74) is 8.83. The molecule has 0 saturated heterocycles. The van der Waals surface area contributed by atoms with Crippen LogP contribution < -0.4 is 11.1 Å². The minimum Gasteiger partial charge on any atom is -0.480 e. The van der Waals surface area contributed by atoms with Gasteiger partial charge in [-0.05, 0) is 6.07 Å². The monoisotopic (exact) mass is 346 g/mol. The van der Waals surface area contributed by atoms with Gasteiger partial charge in [-0.15, -0.1) is 0 Å². The number of nitrogens with one attached hydrogen (secondary N) is 1. The van der Waals surface area contributed by atoms with Crippen LogP contribution in [0.4, 0.5) is 11.8 Å². The van der Waals surface area contributed by atoms with Crippen molar-refractivity contribution in [2.24, 2.45) is 0 Å². The molecule has 8 heteroatoms. The maximum absolute atomic E-state index is 10.6. The van der Waals surface area contributed by atoms with Gasteiger partial charge in [0.1, 0.15) is 24.0 Å². The average Bonchev–Trinajstić information content (AvgIpc) is 2.67. The van der Waals surface area contributed by atoms with Crippen LogP contribution in [0.25, 0.3) is 22.4 Å². The van der Waals surface area contributed by atoms with Crippen LogP contribution in [-0.2, 0) is 4.79 Å². The van der Waals surface area contributed by atoms with Gasteiger partial charge in [-0.25, -0.2) is 15.0 Å². The third-order valence-electron chi connectivity index (χ3n) is 3.59. The molecule has 0 aliphatic heterocycles. The maximum atomic E-state index is 10.6. The highest BCUT2D eigenvalue weighted by Crippen LogP contribution is 2.30. The molecule has 8 nitrogen and oxygen atoms in total. The molecule has 0 unspecified atom stereocenters. The number of nitrogen functional groups attached to an aromatic ring is 1. The molecule has 0 spiro atoms.